The van der Waals surface area contributed by atoms with Gasteiger partial charge in [0.15, 0.2) is 0 Å². The molecule has 10 heteroatoms. The molecule has 0 saturated carbocycles. The standard InChI is InChI=1S/C19H26N4O5S/c1-26-13-17(24)22-9-7-21(8-10-22)14-3-5-15(6-4-14)23-12-16(28-19(23)25)11-20-18(29)27-2/h3-6,16H,7-13H2,1-2H3,(H,20,29)/t16-/m0/s1. The Hall–Kier alpha value is -2.59. The van der Waals surface area contributed by atoms with E-state index in [1.807, 2.05) is 29.2 Å². The van der Waals surface area contributed by atoms with Gasteiger partial charge in [-0.25, -0.2) is 4.79 Å². The third-order valence-electron chi connectivity index (χ3n) is 4.96. The van der Waals surface area contributed by atoms with E-state index in [9.17, 15) is 9.59 Å². The van der Waals surface area contributed by atoms with Crippen molar-refractivity contribution in [1.29, 1.82) is 0 Å². The van der Waals surface area contributed by atoms with Crippen LogP contribution in [0.3, 0.4) is 0 Å². The fraction of sp³-hybridized carbons (Fsp3) is 0.526. The molecule has 29 heavy (non-hydrogen) atoms. The number of nitrogens with zero attached hydrogens (tertiary/aromatic N) is 3. The molecule has 0 aliphatic carbocycles. The summed E-state index contributed by atoms with van der Waals surface area (Å²) in [6, 6.07) is 7.80. The number of methoxy groups -OCH3 is 2. The molecule has 9 nitrogen and oxygen atoms in total. The van der Waals surface area contributed by atoms with Gasteiger partial charge in [-0.2, -0.15) is 0 Å². The van der Waals surface area contributed by atoms with Gasteiger partial charge < -0.3 is 29.3 Å². The summed E-state index contributed by atoms with van der Waals surface area (Å²) in [4.78, 5) is 29.7. The molecule has 2 saturated heterocycles. The second-order valence-corrected chi connectivity index (χ2v) is 7.18. The summed E-state index contributed by atoms with van der Waals surface area (Å²) >= 11 is 4.93. The van der Waals surface area contributed by atoms with E-state index in [1.54, 1.807) is 4.90 Å². The number of hydrogen-bond acceptors (Lipinski definition) is 7. The smallest absolute Gasteiger partial charge is 0.414 e. The van der Waals surface area contributed by atoms with E-state index < -0.39 is 0 Å². The van der Waals surface area contributed by atoms with Gasteiger partial charge >= 0.3 is 6.09 Å². The normalized spacial score (nSPS) is 19.2. The maximum absolute atomic E-state index is 12.2. The van der Waals surface area contributed by atoms with E-state index in [2.05, 4.69) is 10.2 Å². The Bertz CT molecular complexity index is 737. The predicted octanol–water partition coefficient (Wildman–Crippen LogP) is 0.828. The molecule has 0 radical (unpaired) electrons. The Morgan fingerprint density at radius 1 is 1.17 bits per heavy atom. The van der Waals surface area contributed by atoms with E-state index >= 15 is 0 Å². The van der Waals surface area contributed by atoms with Gasteiger partial charge in [0.1, 0.15) is 12.7 Å². The molecule has 1 aromatic rings. The first-order valence-corrected chi connectivity index (χ1v) is 9.84. The fourth-order valence-corrected chi connectivity index (χ4v) is 3.46. The lowest BCUT2D eigenvalue weighted by Crippen LogP contribution is -2.49. The average molecular weight is 423 g/mol. The highest BCUT2D eigenvalue weighted by molar-refractivity contribution is 7.80. The Morgan fingerprint density at radius 3 is 2.45 bits per heavy atom. The number of benzene rings is 1. The Kier molecular flexibility index (Phi) is 7.10. The van der Waals surface area contributed by atoms with Crippen LogP contribution < -0.4 is 15.1 Å². The highest BCUT2D eigenvalue weighted by atomic mass is 32.1. The van der Waals surface area contributed by atoms with Crippen molar-refractivity contribution < 1.29 is 23.8 Å². The molecule has 158 valence electrons. The first kappa shape index (κ1) is 21.1. The van der Waals surface area contributed by atoms with Crippen molar-refractivity contribution >= 4 is 40.8 Å². The maximum Gasteiger partial charge on any atom is 0.414 e. The molecule has 2 heterocycles. The second-order valence-electron chi connectivity index (χ2n) is 6.81. The number of cyclic esters (lactones) is 1. The van der Waals surface area contributed by atoms with Gasteiger partial charge in [-0.05, 0) is 36.5 Å². The summed E-state index contributed by atoms with van der Waals surface area (Å²) in [5.74, 6) is 0.0188. The molecule has 2 aliphatic heterocycles. The Morgan fingerprint density at radius 2 is 1.83 bits per heavy atom. The SMILES string of the molecule is COCC(=O)N1CCN(c2ccc(N3C[C@H](CNC(=S)OC)OC3=O)cc2)CC1. The third-order valence-corrected chi connectivity index (χ3v) is 5.27. The molecule has 2 fully saturated rings. The number of carbonyl (C=O) groups excluding carboxylic acids is 2. The molecule has 0 bridgehead atoms. The molecular formula is C19H26N4O5S. The largest absolute Gasteiger partial charge is 0.474 e. The summed E-state index contributed by atoms with van der Waals surface area (Å²) < 4.78 is 15.2. The van der Waals surface area contributed by atoms with Crippen LogP contribution in [0.1, 0.15) is 0 Å². The molecule has 2 aliphatic rings. The topological polar surface area (TPSA) is 83.6 Å². The molecule has 1 atom stereocenters. The molecular weight excluding hydrogens is 396 g/mol. The quantitative estimate of drug-likeness (QED) is 0.675. The van der Waals surface area contributed by atoms with Crippen LogP contribution in [-0.4, -0.2) is 88.3 Å². The van der Waals surface area contributed by atoms with Gasteiger partial charge in [0.25, 0.3) is 5.17 Å². The number of amides is 2. The number of anilines is 2. The van der Waals surface area contributed by atoms with Gasteiger partial charge in [0.2, 0.25) is 5.91 Å². The van der Waals surface area contributed by atoms with Crippen LogP contribution in [0.5, 0.6) is 0 Å². The summed E-state index contributed by atoms with van der Waals surface area (Å²) in [5.41, 5.74) is 1.84. The van der Waals surface area contributed by atoms with Crippen molar-refractivity contribution in [1.82, 2.24) is 10.2 Å². The number of carbonyl (C=O) groups is 2. The lowest BCUT2D eigenvalue weighted by molar-refractivity contribution is -0.135. The number of piperazine rings is 1. The minimum Gasteiger partial charge on any atom is -0.474 e. The molecule has 2 amide bonds. The first-order valence-electron chi connectivity index (χ1n) is 9.43. The Balaban J connectivity index is 1.53. The minimum absolute atomic E-state index is 0.0188. The van der Waals surface area contributed by atoms with Crippen LogP contribution in [0.2, 0.25) is 0 Å². The molecule has 0 spiro atoms. The molecule has 0 unspecified atom stereocenters. The zero-order valence-corrected chi connectivity index (χ0v) is 17.4. The monoisotopic (exact) mass is 422 g/mol. The number of nitrogens with one attached hydrogen (secondary N) is 1. The molecule has 3 rings (SSSR count). The molecule has 0 aromatic heterocycles. The van der Waals surface area contributed by atoms with E-state index in [0.29, 0.717) is 26.2 Å². The molecule has 1 N–H and O–H groups in total. The van der Waals surface area contributed by atoms with Crippen LogP contribution in [0.15, 0.2) is 24.3 Å². The third kappa shape index (κ3) is 5.27. The van der Waals surface area contributed by atoms with Gasteiger partial charge in [-0.15, -0.1) is 0 Å². The average Bonchev–Trinajstić information content (AvgIpc) is 3.13. The van der Waals surface area contributed by atoms with Crippen molar-refractivity contribution in [3.05, 3.63) is 24.3 Å². The maximum atomic E-state index is 12.2. The van der Waals surface area contributed by atoms with Crippen LogP contribution in [0.4, 0.5) is 16.2 Å². The van der Waals surface area contributed by atoms with E-state index in [1.165, 1.54) is 14.2 Å². The van der Waals surface area contributed by atoms with Gasteiger partial charge in [-0.1, -0.05) is 0 Å². The second kappa shape index (κ2) is 9.75. The van der Waals surface area contributed by atoms with E-state index in [-0.39, 0.29) is 29.9 Å². The zero-order valence-electron chi connectivity index (χ0n) is 16.6. The summed E-state index contributed by atoms with van der Waals surface area (Å²) in [6.45, 7) is 3.81. The van der Waals surface area contributed by atoms with Gasteiger partial charge in [0, 0.05) is 44.7 Å². The van der Waals surface area contributed by atoms with Crippen molar-refractivity contribution in [2.75, 3.05) is 69.9 Å². The zero-order chi connectivity index (χ0) is 20.8. The van der Waals surface area contributed by atoms with Crippen molar-refractivity contribution in [3.63, 3.8) is 0 Å². The molecule has 1 aromatic carbocycles. The summed E-state index contributed by atoms with van der Waals surface area (Å²) in [5, 5.41) is 3.17. The number of hydrogen-bond donors (Lipinski definition) is 1. The van der Waals surface area contributed by atoms with Crippen molar-refractivity contribution in [3.8, 4) is 0 Å². The fourth-order valence-electron chi connectivity index (χ4n) is 3.38. The predicted molar refractivity (Wildman–Crippen MR) is 112 cm³/mol. The van der Waals surface area contributed by atoms with Crippen molar-refractivity contribution in [2.24, 2.45) is 0 Å². The highest BCUT2D eigenvalue weighted by Gasteiger charge is 2.32. The lowest BCUT2D eigenvalue weighted by Gasteiger charge is -2.36. The highest BCUT2D eigenvalue weighted by Crippen LogP contribution is 2.25. The van der Waals surface area contributed by atoms with Crippen LogP contribution in [0.25, 0.3) is 0 Å². The van der Waals surface area contributed by atoms with E-state index in [0.717, 1.165) is 24.5 Å². The van der Waals surface area contributed by atoms with Gasteiger partial charge in [0.05, 0.1) is 20.2 Å². The number of thiocarbonyl (C=S) groups is 1. The first-order chi connectivity index (χ1) is 14.0. The minimum atomic E-state index is -0.377. The summed E-state index contributed by atoms with van der Waals surface area (Å²) in [6.07, 6.45) is -0.675. The van der Waals surface area contributed by atoms with Crippen molar-refractivity contribution in [2.45, 2.75) is 6.10 Å². The summed E-state index contributed by atoms with van der Waals surface area (Å²) in [7, 11) is 3.01. The van der Waals surface area contributed by atoms with Crippen LogP contribution in [-0.2, 0) is 19.0 Å². The van der Waals surface area contributed by atoms with Crippen LogP contribution >= 0.6 is 12.2 Å². The Labute approximate surface area is 175 Å². The van der Waals surface area contributed by atoms with E-state index in [4.69, 9.17) is 26.4 Å². The lowest BCUT2D eigenvalue weighted by atomic mass is 10.2. The van der Waals surface area contributed by atoms with Crippen LogP contribution in [0, 0.1) is 0 Å². The van der Waals surface area contributed by atoms with Gasteiger partial charge in [-0.3, -0.25) is 9.69 Å². The number of ether oxygens (including phenoxy) is 3. The number of rotatable bonds is 6.